The molecule has 80 heavy (non-hydrogen) atoms. The van der Waals surface area contributed by atoms with E-state index < -0.39 is 5.97 Å². The van der Waals surface area contributed by atoms with Crippen molar-refractivity contribution in [3.05, 3.63) is 208 Å². The van der Waals surface area contributed by atoms with Crippen LogP contribution in [-0.2, 0) is 44.7 Å². The van der Waals surface area contributed by atoms with E-state index in [0.717, 1.165) is 84.6 Å². The molecule has 18 nitrogen and oxygen atoms in total. The minimum Gasteiger partial charge on any atom is -0.463 e. The number of carbonyl (C=O) groups excluding carboxylic acids is 2. The van der Waals surface area contributed by atoms with E-state index in [1.54, 1.807) is 24.6 Å². The molecular formula is C56H56Br5ClN12O6. The Kier molecular flexibility index (Phi) is 23.5. The number of aliphatic hydroxyl groups excluding tert-OH is 1. The zero-order valence-electron chi connectivity index (χ0n) is 43.4. The summed E-state index contributed by atoms with van der Waals surface area (Å²) in [5.41, 5.74) is 13.5. The van der Waals surface area contributed by atoms with Crippen LogP contribution in [0.15, 0.2) is 157 Å². The molecule has 0 aliphatic carbocycles. The molecule has 0 saturated carbocycles. The maximum atomic E-state index is 11.4. The van der Waals surface area contributed by atoms with Crippen LogP contribution in [0, 0.1) is 27.7 Å². The second-order valence-corrected chi connectivity index (χ2v) is 21.9. The van der Waals surface area contributed by atoms with E-state index in [-0.39, 0.29) is 14.0 Å². The number of aryl methyl sites for hydroxylation is 4. The summed E-state index contributed by atoms with van der Waals surface area (Å²) < 4.78 is 31.3. The SMILES string of the molecule is C.CCOC(=O)c1cn2ccc(Br)cc2n1.COCc1cn2ccc(Br)cc2n1.Cc1nc2cc(Br)ccn2c1C.Cc1nc2cc(COC=O)ccn2c1C.ClCc1cn2ccc(Br)cc2n1.OCc1cn2ccc(Br)cc2n1. The molecule has 0 unspecified atom stereocenters. The molecule has 0 amide bonds. The van der Waals surface area contributed by atoms with Crippen LogP contribution in [0.25, 0.3) is 33.9 Å². The van der Waals surface area contributed by atoms with Gasteiger partial charge in [-0.1, -0.05) is 87.1 Å². The zero-order chi connectivity index (χ0) is 56.8. The highest BCUT2D eigenvalue weighted by Crippen LogP contribution is 2.19. The average Bonchev–Trinajstić information content (AvgIpc) is 4.33. The standard InChI is InChI=1S/C11H12N2O2.C10H9BrN2O2.C9H9BrN2O.C9H9BrN2.C8H6BrClN2.C8H7BrN2O.CH4/c1-8-9(2)13-4-3-10(6-15-7-14)5-11(13)12-8;1-2-15-10(14)8-6-13-4-3-7(11)5-9(13)12-8;1-13-6-8-5-12-3-2-7(10)4-9(12)11-8;1-6-7(2)12-4-3-8(10)5-9(12)11-6;9-6-1-2-12-5-7(4-10)11-8(12)3-6;9-6-1-2-11-4-7(5-12)10-8(11)3-6;/h3-5,7H,6H2,1-2H3;3-6H,2H2,1H3;2-5H,6H2,1H3;3-5H,1-2H3;1-3,5H,4H2;1-4,12H,5H2;1H4. The first-order valence-corrected chi connectivity index (χ1v) is 28.5. The number of rotatable bonds is 9. The summed E-state index contributed by atoms with van der Waals surface area (Å²) in [5, 5.41) is 8.82. The summed E-state index contributed by atoms with van der Waals surface area (Å²) in [5.74, 6) is 0.0663. The molecule has 0 aliphatic rings. The Bertz CT molecular complexity index is 3940. The van der Waals surface area contributed by atoms with Gasteiger partial charge in [-0.15, -0.1) is 11.6 Å². The molecule has 0 saturated heterocycles. The fourth-order valence-corrected chi connectivity index (χ4v) is 9.20. The summed E-state index contributed by atoms with van der Waals surface area (Å²) in [6.07, 6.45) is 18.9. The van der Waals surface area contributed by atoms with Crippen molar-refractivity contribution in [3.63, 3.8) is 0 Å². The third kappa shape index (κ3) is 16.9. The van der Waals surface area contributed by atoms with Gasteiger partial charge in [-0.25, -0.2) is 34.7 Å². The lowest BCUT2D eigenvalue weighted by Crippen LogP contribution is -2.04. The lowest BCUT2D eigenvalue weighted by molar-refractivity contribution is -0.129. The van der Waals surface area contributed by atoms with Crippen LogP contribution in [-0.4, -0.2) is 87.6 Å². The number of ether oxygens (including phenoxy) is 3. The van der Waals surface area contributed by atoms with Crippen molar-refractivity contribution in [2.24, 2.45) is 0 Å². The number of fused-ring (bicyclic) bond motifs is 6. The summed E-state index contributed by atoms with van der Waals surface area (Å²) >= 11 is 22.5. The smallest absolute Gasteiger partial charge is 0.358 e. The van der Waals surface area contributed by atoms with Crippen molar-refractivity contribution in [2.45, 2.75) is 67.7 Å². The minimum absolute atomic E-state index is 0. The van der Waals surface area contributed by atoms with Crippen LogP contribution in [0.4, 0.5) is 0 Å². The second-order valence-electron chi connectivity index (χ2n) is 17.0. The average molecular weight is 1430 g/mol. The fraction of sp³-hybridized carbons (Fsp3) is 0.214. The number of nitrogens with zero attached hydrogens (tertiary/aromatic N) is 12. The maximum absolute atomic E-state index is 11.4. The monoisotopic (exact) mass is 1420 g/mol. The summed E-state index contributed by atoms with van der Waals surface area (Å²) in [6, 6.07) is 23.3. The minimum atomic E-state index is -0.391. The van der Waals surface area contributed by atoms with Gasteiger partial charge < -0.3 is 45.7 Å². The number of esters is 1. The molecule has 0 spiro atoms. The van der Waals surface area contributed by atoms with Crippen LogP contribution in [0.5, 0.6) is 0 Å². The topological polar surface area (TPSA) is 186 Å². The summed E-state index contributed by atoms with van der Waals surface area (Å²) in [7, 11) is 1.67. The van der Waals surface area contributed by atoms with Crippen molar-refractivity contribution in [1.29, 1.82) is 0 Å². The number of carbonyl (C=O) groups is 2. The van der Waals surface area contributed by atoms with E-state index in [2.05, 4.69) is 126 Å². The Morgan fingerprint density at radius 2 is 0.975 bits per heavy atom. The Balaban J connectivity index is 0.000000155. The highest BCUT2D eigenvalue weighted by molar-refractivity contribution is 9.11. The number of hydrogen-bond donors (Lipinski definition) is 1. The Hall–Kier alpha value is -6.31. The number of aliphatic hydroxyl groups is 1. The van der Waals surface area contributed by atoms with Crippen molar-refractivity contribution >= 4 is 138 Å². The number of pyridine rings is 6. The predicted molar refractivity (Wildman–Crippen MR) is 328 cm³/mol. The maximum Gasteiger partial charge on any atom is 0.358 e. The predicted octanol–water partition coefficient (Wildman–Crippen LogP) is 13.9. The van der Waals surface area contributed by atoms with Gasteiger partial charge in [0.25, 0.3) is 6.47 Å². The normalized spacial score (nSPS) is 10.6. The second kappa shape index (κ2) is 29.9. The molecule has 0 bridgehead atoms. The first-order valence-electron chi connectivity index (χ1n) is 24.0. The Morgan fingerprint density at radius 1 is 0.562 bits per heavy atom. The first kappa shape index (κ1) is 62.9. The van der Waals surface area contributed by atoms with Crippen molar-refractivity contribution in [3.8, 4) is 0 Å². The summed E-state index contributed by atoms with van der Waals surface area (Å²) in [4.78, 5) is 47.2. The van der Waals surface area contributed by atoms with Crippen LogP contribution < -0.4 is 0 Å². The molecule has 24 heteroatoms. The lowest BCUT2D eigenvalue weighted by Gasteiger charge is -2.01. The van der Waals surface area contributed by atoms with Gasteiger partial charge in [-0.3, -0.25) is 4.79 Å². The molecule has 418 valence electrons. The molecule has 0 radical (unpaired) electrons. The number of alkyl halides is 1. The fourth-order valence-electron chi connectivity index (χ4n) is 7.45. The molecular weight excluding hydrogens is 1370 g/mol. The molecule has 0 aliphatic heterocycles. The zero-order valence-corrected chi connectivity index (χ0v) is 52.1. The Labute approximate surface area is 508 Å². The highest BCUT2D eigenvalue weighted by atomic mass is 79.9. The van der Waals surface area contributed by atoms with E-state index in [1.807, 2.05) is 167 Å². The van der Waals surface area contributed by atoms with Gasteiger partial charge in [0.15, 0.2) is 5.69 Å². The van der Waals surface area contributed by atoms with Gasteiger partial charge >= 0.3 is 5.97 Å². The van der Waals surface area contributed by atoms with Crippen molar-refractivity contribution in [1.82, 2.24) is 56.3 Å². The molecule has 12 heterocycles. The number of halogens is 6. The van der Waals surface area contributed by atoms with E-state index >= 15 is 0 Å². The van der Waals surface area contributed by atoms with Gasteiger partial charge in [0, 0.05) is 103 Å². The molecule has 0 aromatic carbocycles. The summed E-state index contributed by atoms with van der Waals surface area (Å²) in [6.45, 7) is 11.5. The number of hydrogen-bond acceptors (Lipinski definition) is 12. The van der Waals surface area contributed by atoms with Gasteiger partial charge in [0.05, 0.1) is 54.2 Å². The number of methoxy groups -OCH3 is 1. The van der Waals surface area contributed by atoms with Crippen molar-refractivity contribution in [2.75, 3.05) is 13.7 Å². The third-order valence-corrected chi connectivity index (χ3v) is 14.2. The van der Waals surface area contributed by atoms with E-state index in [0.29, 0.717) is 49.2 Å². The van der Waals surface area contributed by atoms with Crippen LogP contribution in [0.2, 0.25) is 0 Å². The van der Waals surface area contributed by atoms with Gasteiger partial charge in [0.1, 0.15) is 40.5 Å². The van der Waals surface area contributed by atoms with Gasteiger partial charge in [-0.05, 0) is 113 Å². The van der Waals surface area contributed by atoms with Crippen LogP contribution in [0.1, 0.15) is 70.3 Å². The van der Waals surface area contributed by atoms with E-state index in [9.17, 15) is 9.59 Å². The molecule has 0 atom stereocenters. The van der Waals surface area contributed by atoms with E-state index in [4.69, 9.17) is 26.2 Å². The largest absolute Gasteiger partial charge is 0.463 e. The molecule has 12 rings (SSSR count). The molecule has 12 aromatic rings. The van der Waals surface area contributed by atoms with Crippen LogP contribution in [0.3, 0.4) is 0 Å². The van der Waals surface area contributed by atoms with Crippen LogP contribution >= 0.6 is 91.3 Å². The molecule has 1 N–H and O–H groups in total. The van der Waals surface area contributed by atoms with Gasteiger partial charge in [-0.2, -0.15) is 0 Å². The molecule has 12 aromatic heterocycles. The first-order chi connectivity index (χ1) is 38.0. The number of aromatic nitrogens is 12. The van der Waals surface area contributed by atoms with Gasteiger partial charge in [0.2, 0.25) is 0 Å². The highest BCUT2D eigenvalue weighted by Gasteiger charge is 2.12. The van der Waals surface area contributed by atoms with E-state index in [1.165, 1.54) is 5.69 Å². The Morgan fingerprint density at radius 3 is 1.45 bits per heavy atom. The van der Waals surface area contributed by atoms with Crippen molar-refractivity contribution < 1.29 is 28.9 Å². The lowest BCUT2D eigenvalue weighted by atomic mass is 10.3. The third-order valence-electron chi connectivity index (χ3n) is 11.5. The quantitative estimate of drug-likeness (QED) is 0.0820. The number of imidazole rings is 6. The molecule has 0 fully saturated rings.